The summed E-state index contributed by atoms with van der Waals surface area (Å²) in [6, 6.07) is 8.10. The van der Waals surface area contributed by atoms with E-state index in [4.69, 9.17) is 4.74 Å². The van der Waals surface area contributed by atoms with E-state index in [1.165, 1.54) is 6.42 Å². The van der Waals surface area contributed by atoms with Crippen LogP contribution in [0, 0.1) is 6.92 Å². The second-order valence-corrected chi connectivity index (χ2v) is 5.30. The monoisotopic (exact) mass is 261 g/mol. The summed E-state index contributed by atoms with van der Waals surface area (Å²) >= 11 is 0. The highest BCUT2D eigenvalue weighted by Crippen LogP contribution is 2.33. The van der Waals surface area contributed by atoms with Crippen LogP contribution in [-0.4, -0.2) is 18.1 Å². The fourth-order valence-electron chi connectivity index (χ4n) is 2.78. The largest absolute Gasteiger partial charge is 0.464 e. The van der Waals surface area contributed by atoms with E-state index in [2.05, 4.69) is 18.3 Å². The van der Waals surface area contributed by atoms with Crippen LogP contribution in [0.1, 0.15) is 44.6 Å². The minimum absolute atomic E-state index is 0.0991. The zero-order valence-corrected chi connectivity index (χ0v) is 11.9. The van der Waals surface area contributed by atoms with Crippen LogP contribution < -0.4 is 5.32 Å². The van der Waals surface area contributed by atoms with Crippen LogP contribution in [0.15, 0.2) is 24.3 Å². The molecule has 104 valence electrons. The van der Waals surface area contributed by atoms with Gasteiger partial charge in [0.05, 0.1) is 6.61 Å². The van der Waals surface area contributed by atoms with Crippen molar-refractivity contribution in [2.24, 2.45) is 0 Å². The van der Waals surface area contributed by atoms with Gasteiger partial charge in [-0.1, -0.05) is 37.5 Å². The summed E-state index contributed by atoms with van der Waals surface area (Å²) in [4.78, 5) is 12.4. The fraction of sp³-hybridized carbons (Fsp3) is 0.562. The number of aryl methyl sites for hydroxylation is 1. The van der Waals surface area contributed by atoms with Crippen LogP contribution in [0.5, 0.6) is 0 Å². The van der Waals surface area contributed by atoms with Crippen LogP contribution in [0.3, 0.4) is 0 Å². The van der Waals surface area contributed by atoms with Crippen molar-refractivity contribution in [2.45, 2.75) is 51.5 Å². The molecule has 1 N–H and O–H groups in total. The van der Waals surface area contributed by atoms with Crippen molar-refractivity contribution >= 4 is 11.7 Å². The number of carbonyl (C=O) groups excluding carboxylic acids is 1. The third-order valence-corrected chi connectivity index (χ3v) is 3.89. The number of rotatable bonds is 4. The summed E-state index contributed by atoms with van der Waals surface area (Å²) in [5, 5.41) is 3.47. The van der Waals surface area contributed by atoms with E-state index in [1.807, 2.05) is 25.1 Å². The summed E-state index contributed by atoms with van der Waals surface area (Å²) in [6.45, 7) is 4.36. The molecular weight excluding hydrogens is 238 g/mol. The van der Waals surface area contributed by atoms with Crippen LogP contribution in [0.25, 0.3) is 0 Å². The number of anilines is 1. The Hall–Kier alpha value is -1.51. The van der Waals surface area contributed by atoms with Gasteiger partial charge in [0, 0.05) is 5.69 Å². The Bertz CT molecular complexity index is 436. The number of benzene rings is 1. The summed E-state index contributed by atoms with van der Waals surface area (Å²) in [5.74, 6) is -0.0991. The highest BCUT2D eigenvalue weighted by atomic mass is 16.5. The van der Waals surface area contributed by atoms with Crippen LogP contribution in [0.2, 0.25) is 0 Å². The average molecular weight is 261 g/mol. The molecule has 0 aliphatic heterocycles. The molecule has 0 heterocycles. The molecule has 3 heteroatoms. The molecule has 1 saturated carbocycles. The molecule has 0 unspecified atom stereocenters. The molecule has 0 bridgehead atoms. The van der Waals surface area contributed by atoms with Crippen LogP contribution in [-0.2, 0) is 9.53 Å². The van der Waals surface area contributed by atoms with E-state index in [9.17, 15) is 4.79 Å². The normalized spacial score (nSPS) is 17.8. The first kappa shape index (κ1) is 13.9. The number of hydrogen-bond acceptors (Lipinski definition) is 3. The van der Waals surface area contributed by atoms with Gasteiger partial charge in [0.15, 0.2) is 0 Å². The zero-order valence-electron chi connectivity index (χ0n) is 11.9. The Morgan fingerprint density at radius 2 is 1.95 bits per heavy atom. The van der Waals surface area contributed by atoms with Crippen molar-refractivity contribution in [3.8, 4) is 0 Å². The van der Waals surface area contributed by atoms with Gasteiger partial charge in [0.1, 0.15) is 5.54 Å². The number of hydrogen-bond donors (Lipinski definition) is 1. The Morgan fingerprint density at radius 1 is 1.26 bits per heavy atom. The zero-order chi connectivity index (χ0) is 13.7. The van der Waals surface area contributed by atoms with E-state index in [0.29, 0.717) is 6.61 Å². The minimum atomic E-state index is -0.527. The second kappa shape index (κ2) is 6.09. The minimum Gasteiger partial charge on any atom is -0.464 e. The number of para-hydroxylation sites is 1. The molecule has 1 aliphatic rings. The highest BCUT2D eigenvalue weighted by Gasteiger charge is 2.41. The topological polar surface area (TPSA) is 38.3 Å². The van der Waals surface area contributed by atoms with Crippen molar-refractivity contribution in [1.29, 1.82) is 0 Å². The summed E-state index contributed by atoms with van der Waals surface area (Å²) in [6.07, 6.45) is 5.09. The Labute approximate surface area is 115 Å². The van der Waals surface area contributed by atoms with Crippen molar-refractivity contribution in [1.82, 2.24) is 0 Å². The van der Waals surface area contributed by atoms with Crippen molar-refractivity contribution < 1.29 is 9.53 Å². The number of carbonyl (C=O) groups is 1. The summed E-state index contributed by atoms with van der Waals surface area (Å²) in [7, 11) is 0. The van der Waals surface area contributed by atoms with Gasteiger partial charge in [0.2, 0.25) is 0 Å². The Kier molecular flexibility index (Phi) is 4.46. The van der Waals surface area contributed by atoms with Crippen molar-refractivity contribution in [3.05, 3.63) is 29.8 Å². The molecule has 19 heavy (non-hydrogen) atoms. The van der Waals surface area contributed by atoms with Gasteiger partial charge >= 0.3 is 5.97 Å². The second-order valence-electron chi connectivity index (χ2n) is 5.30. The maximum atomic E-state index is 12.4. The van der Waals surface area contributed by atoms with Gasteiger partial charge in [-0.2, -0.15) is 0 Å². The first-order valence-corrected chi connectivity index (χ1v) is 7.19. The molecule has 0 spiro atoms. The summed E-state index contributed by atoms with van der Waals surface area (Å²) in [5.41, 5.74) is 1.68. The number of nitrogens with one attached hydrogen (secondary N) is 1. The SMILES string of the molecule is CCOC(=O)C1(Nc2ccccc2C)CCCCC1. The van der Waals surface area contributed by atoms with Gasteiger partial charge < -0.3 is 10.1 Å². The average Bonchev–Trinajstić information content (AvgIpc) is 2.43. The lowest BCUT2D eigenvalue weighted by Crippen LogP contribution is -2.49. The molecular formula is C16H23NO2. The molecule has 0 atom stereocenters. The quantitative estimate of drug-likeness (QED) is 0.840. The van der Waals surface area contributed by atoms with E-state index in [0.717, 1.165) is 36.9 Å². The van der Waals surface area contributed by atoms with E-state index >= 15 is 0 Å². The van der Waals surface area contributed by atoms with E-state index in [-0.39, 0.29) is 5.97 Å². The predicted octanol–water partition coefficient (Wildman–Crippen LogP) is 3.67. The predicted molar refractivity (Wildman–Crippen MR) is 77.3 cm³/mol. The molecule has 2 rings (SSSR count). The Balaban J connectivity index is 2.23. The van der Waals surface area contributed by atoms with E-state index < -0.39 is 5.54 Å². The molecule has 0 amide bonds. The van der Waals surface area contributed by atoms with Gasteiger partial charge in [0.25, 0.3) is 0 Å². The number of ether oxygens (including phenoxy) is 1. The standard InChI is InChI=1S/C16H23NO2/c1-3-19-15(18)16(11-7-4-8-12-16)17-14-10-6-5-9-13(14)2/h5-6,9-10,17H,3-4,7-8,11-12H2,1-2H3. The maximum absolute atomic E-state index is 12.4. The van der Waals surface area contributed by atoms with Gasteiger partial charge in [-0.05, 0) is 38.3 Å². The lowest BCUT2D eigenvalue weighted by molar-refractivity contribution is -0.149. The van der Waals surface area contributed by atoms with Gasteiger partial charge in [-0.3, -0.25) is 0 Å². The lowest BCUT2D eigenvalue weighted by Gasteiger charge is -2.36. The Morgan fingerprint density at radius 3 is 2.58 bits per heavy atom. The molecule has 1 aliphatic carbocycles. The summed E-state index contributed by atoms with van der Waals surface area (Å²) < 4.78 is 5.30. The number of esters is 1. The molecule has 0 saturated heterocycles. The first-order valence-electron chi connectivity index (χ1n) is 7.19. The molecule has 1 fully saturated rings. The molecule has 0 aromatic heterocycles. The highest BCUT2D eigenvalue weighted by molar-refractivity contribution is 5.85. The maximum Gasteiger partial charge on any atom is 0.331 e. The first-order chi connectivity index (χ1) is 9.18. The molecule has 1 aromatic rings. The lowest BCUT2D eigenvalue weighted by atomic mass is 9.81. The fourth-order valence-corrected chi connectivity index (χ4v) is 2.78. The third kappa shape index (κ3) is 3.09. The molecule has 0 radical (unpaired) electrons. The van der Waals surface area contributed by atoms with Crippen molar-refractivity contribution in [2.75, 3.05) is 11.9 Å². The van der Waals surface area contributed by atoms with E-state index in [1.54, 1.807) is 0 Å². The molecule has 3 nitrogen and oxygen atoms in total. The van der Waals surface area contributed by atoms with Crippen molar-refractivity contribution in [3.63, 3.8) is 0 Å². The van der Waals surface area contributed by atoms with Gasteiger partial charge in [-0.25, -0.2) is 4.79 Å². The molecule has 1 aromatic carbocycles. The smallest absolute Gasteiger partial charge is 0.331 e. The van der Waals surface area contributed by atoms with Gasteiger partial charge in [-0.15, -0.1) is 0 Å². The third-order valence-electron chi connectivity index (χ3n) is 3.89. The van der Waals surface area contributed by atoms with Crippen LogP contribution >= 0.6 is 0 Å². The van der Waals surface area contributed by atoms with Crippen LogP contribution in [0.4, 0.5) is 5.69 Å².